The molecule has 0 saturated carbocycles. The van der Waals surface area contributed by atoms with E-state index in [2.05, 4.69) is 29.4 Å². The highest BCUT2D eigenvalue weighted by Crippen LogP contribution is 2.21. The molecule has 1 heterocycles. The number of carbonyl (C=O) groups excluding carboxylic acids is 2. The molecule has 0 saturated heterocycles. The third kappa shape index (κ3) is 6.33. The van der Waals surface area contributed by atoms with Gasteiger partial charge in [-0.3, -0.25) is 4.79 Å². The lowest BCUT2D eigenvalue weighted by Gasteiger charge is -2.18. The maximum atomic E-state index is 11.6. The lowest BCUT2D eigenvalue weighted by atomic mass is 10.1. The normalized spacial score (nSPS) is 13.0. The zero-order valence-electron chi connectivity index (χ0n) is 15.8. The van der Waals surface area contributed by atoms with Crippen molar-refractivity contribution in [1.82, 2.24) is 10.3 Å². The van der Waals surface area contributed by atoms with Crippen molar-refractivity contribution in [2.24, 2.45) is 5.73 Å². The number of hydrogen-bond acceptors (Lipinski definition) is 4. The van der Waals surface area contributed by atoms with E-state index in [-0.39, 0.29) is 18.4 Å². The Kier molecular flexibility index (Phi) is 7.67. The van der Waals surface area contributed by atoms with Crippen LogP contribution in [-0.2, 0) is 14.3 Å². The molecule has 0 aliphatic carbocycles. The molecule has 1 aromatic carbocycles. The van der Waals surface area contributed by atoms with E-state index in [1.54, 1.807) is 13.0 Å². The van der Waals surface area contributed by atoms with Crippen molar-refractivity contribution < 1.29 is 14.3 Å². The largest absolute Gasteiger partial charge is 0.463 e. The lowest BCUT2D eigenvalue weighted by molar-refractivity contribution is -0.137. The summed E-state index contributed by atoms with van der Waals surface area (Å²) in [6, 6.07) is 9.89. The fourth-order valence-corrected chi connectivity index (χ4v) is 2.77. The summed E-state index contributed by atoms with van der Waals surface area (Å²) in [6.45, 7) is 4.13. The molecule has 27 heavy (non-hydrogen) atoms. The van der Waals surface area contributed by atoms with Crippen LogP contribution >= 0.6 is 0 Å². The number of benzene rings is 1. The summed E-state index contributed by atoms with van der Waals surface area (Å²) >= 11 is 0. The third-order valence-corrected chi connectivity index (χ3v) is 4.02. The summed E-state index contributed by atoms with van der Waals surface area (Å²) < 4.78 is 4.93. The molecule has 0 spiro atoms. The van der Waals surface area contributed by atoms with E-state index < -0.39 is 5.97 Å². The standard InChI is InChI=1S/C21H27N3O3/c1-3-7-18(19-14-15-8-5-6-9-17(15)24-19)23-16(10-12-20(22)25)11-13-21(26)27-4-2/h5-9,11,13-14,16,23-24H,3-4,10,12H2,1-2H3,(H2,22,25)/b13-11+,18-7?. The van der Waals surface area contributed by atoms with E-state index in [1.165, 1.54) is 6.08 Å². The number of nitrogens with two attached hydrogens (primary N) is 1. The summed E-state index contributed by atoms with van der Waals surface area (Å²) in [7, 11) is 0. The minimum atomic E-state index is -0.407. The van der Waals surface area contributed by atoms with Gasteiger partial charge in [-0.25, -0.2) is 4.79 Å². The van der Waals surface area contributed by atoms with Crippen molar-refractivity contribution in [2.45, 2.75) is 39.2 Å². The van der Waals surface area contributed by atoms with Gasteiger partial charge in [0.25, 0.3) is 0 Å². The smallest absolute Gasteiger partial charge is 0.330 e. The zero-order chi connectivity index (χ0) is 19.6. The Hall–Kier alpha value is -3.02. The molecular weight excluding hydrogens is 342 g/mol. The van der Waals surface area contributed by atoms with Gasteiger partial charge in [-0.05, 0) is 31.9 Å². The van der Waals surface area contributed by atoms with Crippen LogP contribution in [0.5, 0.6) is 0 Å². The molecule has 1 unspecified atom stereocenters. The molecule has 2 aromatic rings. The van der Waals surface area contributed by atoms with Gasteiger partial charge in [0.05, 0.1) is 18.0 Å². The van der Waals surface area contributed by atoms with Crippen LogP contribution in [0.3, 0.4) is 0 Å². The minimum absolute atomic E-state index is 0.219. The van der Waals surface area contributed by atoms with Gasteiger partial charge < -0.3 is 20.8 Å². The molecule has 0 radical (unpaired) electrons. The lowest BCUT2D eigenvalue weighted by Crippen LogP contribution is -2.28. The number of para-hydroxylation sites is 1. The molecule has 2 rings (SSSR count). The van der Waals surface area contributed by atoms with Gasteiger partial charge in [0.1, 0.15) is 0 Å². The summed E-state index contributed by atoms with van der Waals surface area (Å²) in [5.41, 5.74) is 8.21. The highest BCUT2D eigenvalue weighted by atomic mass is 16.5. The number of hydrogen-bond donors (Lipinski definition) is 3. The first-order valence-corrected chi connectivity index (χ1v) is 9.21. The number of fused-ring (bicyclic) bond motifs is 1. The second-order valence-corrected chi connectivity index (χ2v) is 6.16. The first-order chi connectivity index (χ1) is 13.0. The van der Waals surface area contributed by atoms with Gasteiger partial charge in [-0.1, -0.05) is 37.3 Å². The fourth-order valence-electron chi connectivity index (χ4n) is 2.77. The van der Waals surface area contributed by atoms with Gasteiger partial charge in [0.2, 0.25) is 5.91 Å². The Morgan fingerprint density at radius 2 is 2.07 bits per heavy atom. The number of carbonyl (C=O) groups is 2. The second kappa shape index (κ2) is 10.2. The van der Waals surface area contributed by atoms with E-state index in [0.717, 1.165) is 28.7 Å². The SMILES string of the molecule is CCC=C(NC(/C=C/C(=O)OCC)CCC(N)=O)c1cc2ccccc2[nH]1. The molecule has 144 valence electrons. The number of H-pyrrole nitrogens is 1. The molecule has 6 heteroatoms. The van der Waals surface area contributed by atoms with Crippen LogP contribution in [0.15, 0.2) is 48.6 Å². The average molecular weight is 369 g/mol. The number of nitrogens with one attached hydrogen (secondary N) is 2. The highest BCUT2D eigenvalue weighted by Gasteiger charge is 2.12. The summed E-state index contributed by atoms with van der Waals surface area (Å²) in [6.07, 6.45) is 6.70. The molecule has 1 amide bonds. The third-order valence-electron chi connectivity index (χ3n) is 4.02. The Morgan fingerprint density at radius 3 is 2.74 bits per heavy atom. The molecule has 1 aromatic heterocycles. The Balaban J connectivity index is 2.22. The maximum Gasteiger partial charge on any atom is 0.330 e. The number of rotatable bonds is 10. The molecule has 0 aliphatic heterocycles. The molecule has 0 fully saturated rings. The minimum Gasteiger partial charge on any atom is -0.463 e. The molecule has 1 atom stereocenters. The van der Waals surface area contributed by atoms with Crippen LogP contribution in [0.4, 0.5) is 0 Å². The van der Waals surface area contributed by atoms with Crippen molar-refractivity contribution in [1.29, 1.82) is 0 Å². The average Bonchev–Trinajstić information content (AvgIpc) is 3.07. The second-order valence-electron chi connectivity index (χ2n) is 6.16. The van der Waals surface area contributed by atoms with Gasteiger partial charge in [0.15, 0.2) is 0 Å². The van der Waals surface area contributed by atoms with E-state index in [1.807, 2.05) is 24.3 Å². The number of amides is 1. The highest BCUT2D eigenvalue weighted by molar-refractivity contribution is 5.84. The number of esters is 1. The first-order valence-electron chi connectivity index (χ1n) is 9.21. The van der Waals surface area contributed by atoms with Gasteiger partial charge in [-0.15, -0.1) is 0 Å². The number of allylic oxidation sites excluding steroid dienone is 1. The van der Waals surface area contributed by atoms with Crippen LogP contribution in [0, 0.1) is 0 Å². The Labute approximate surface area is 159 Å². The molecule has 6 nitrogen and oxygen atoms in total. The molecule has 4 N–H and O–H groups in total. The van der Waals surface area contributed by atoms with Crippen LogP contribution in [0.1, 0.15) is 38.8 Å². The number of aromatic amines is 1. The topological polar surface area (TPSA) is 97.2 Å². The van der Waals surface area contributed by atoms with Crippen molar-refractivity contribution in [3.63, 3.8) is 0 Å². The van der Waals surface area contributed by atoms with Gasteiger partial charge in [-0.2, -0.15) is 0 Å². The van der Waals surface area contributed by atoms with Gasteiger partial charge in [0, 0.05) is 29.4 Å². The van der Waals surface area contributed by atoms with E-state index >= 15 is 0 Å². The fraction of sp³-hybridized carbons (Fsp3) is 0.333. The van der Waals surface area contributed by atoms with Crippen LogP contribution < -0.4 is 11.1 Å². The van der Waals surface area contributed by atoms with E-state index in [9.17, 15) is 9.59 Å². The van der Waals surface area contributed by atoms with Crippen molar-refractivity contribution >= 4 is 28.5 Å². The zero-order valence-corrected chi connectivity index (χ0v) is 15.8. The quantitative estimate of drug-likeness (QED) is 0.442. The summed E-state index contributed by atoms with van der Waals surface area (Å²) in [5.74, 6) is -0.784. The molecule has 0 aliphatic rings. The van der Waals surface area contributed by atoms with Crippen molar-refractivity contribution in [2.75, 3.05) is 6.61 Å². The van der Waals surface area contributed by atoms with Crippen LogP contribution in [0.25, 0.3) is 16.6 Å². The summed E-state index contributed by atoms with van der Waals surface area (Å²) in [5, 5.41) is 4.53. The maximum absolute atomic E-state index is 11.6. The van der Waals surface area contributed by atoms with Crippen LogP contribution in [0.2, 0.25) is 0 Å². The number of ether oxygens (including phenoxy) is 1. The Morgan fingerprint density at radius 1 is 1.30 bits per heavy atom. The predicted octanol–water partition coefficient (Wildman–Crippen LogP) is 3.26. The monoisotopic (exact) mass is 369 g/mol. The number of aromatic nitrogens is 1. The van der Waals surface area contributed by atoms with Gasteiger partial charge >= 0.3 is 5.97 Å². The number of primary amides is 1. The molecular formula is C21H27N3O3. The summed E-state index contributed by atoms with van der Waals surface area (Å²) in [4.78, 5) is 26.2. The van der Waals surface area contributed by atoms with Crippen molar-refractivity contribution in [3.8, 4) is 0 Å². The predicted molar refractivity (Wildman–Crippen MR) is 108 cm³/mol. The van der Waals surface area contributed by atoms with Crippen molar-refractivity contribution in [3.05, 3.63) is 54.3 Å². The first kappa shape index (κ1) is 20.3. The Bertz CT molecular complexity index is 803. The van der Waals surface area contributed by atoms with E-state index in [4.69, 9.17) is 10.5 Å². The van der Waals surface area contributed by atoms with Crippen LogP contribution in [-0.4, -0.2) is 29.5 Å². The van der Waals surface area contributed by atoms with E-state index in [0.29, 0.717) is 13.0 Å². The molecule has 0 bridgehead atoms.